The highest BCUT2D eigenvalue weighted by Gasteiger charge is 2.36. The summed E-state index contributed by atoms with van der Waals surface area (Å²) in [5.74, 6) is 1.46. The number of para-hydroxylation sites is 2. The number of aromatic nitrogens is 1. The molecular weight excluding hydrogens is 825 g/mol. The molecule has 1 N–H and O–H groups in total. The molecule has 0 radical (unpaired) electrons. The van der Waals surface area contributed by atoms with Crippen LogP contribution in [0.5, 0.6) is 0 Å². The van der Waals surface area contributed by atoms with Crippen LogP contribution in [-0.2, 0) is 5.41 Å². The topological polar surface area (TPSA) is 54.8 Å². The molecule has 312 valence electrons. The predicted molar refractivity (Wildman–Crippen MR) is 276 cm³/mol. The van der Waals surface area contributed by atoms with Crippen molar-refractivity contribution in [2.75, 3.05) is 0 Å². The van der Waals surface area contributed by atoms with Crippen LogP contribution in [0.25, 0.3) is 91.9 Å². The van der Waals surface area contributed by atoms with Crippen molar-refractivity contribution < 1.29 is 4.42 Å². The van der Waals surface area contributed by atoms with Gasteiger partial charge in [-0.05, 0) is 93.5 Å². The Morgan fingerprint density at radius 1 is 0.500 bits per heavy atom. The van der Waals surface area contributed by atoms with Gasteiger partial charge in [0.2, 0.25) is 0 Å². The third-order valence-corrected chi connectivity index (χ3v) is 15.2. The Labute approximate surface area is 384 Å². The molecule has 0 fully saturated rings. The van der Waals surface area contributed by atoms with Crippen molar-refractivity contribution in [1.29, 1.82) is 0 Å². The summed E-state index contributed by atoms with van der Waals surface area (Å²) in [5.41, 5.74) is 15.8. The number of hydrogen-bond acceptors (Lipinski definition) is 5. The molecule has 6 heteroatoms. The molecule has 14 rings (SSSR count). The number of thiophene rings is 1. The summed E-state index contributed by atoms with van der Waals surface area (Å²) in [7, 11) is 0. The summed E-state index contributed by atoms with van der Waals surface area (Å²) in [5, 5.41) is 10.9. The van der Waals surface area contributed by atoms with E-state index in [4.69, 9.17) is 14.4 Å². The number of nitrogens with one attached hydrogen (secondary N) is 1. The Hall–Kier alpha value is -8.06. The molecule has 0 saturated carbocycles. The minimum absolute atomic E-state index is 0.114. The largest absolute Gasteiger partial charge is 0.456 e. The van der Waals surface area contributed by atoms with Gasteiger partial charge in [-0.3, -0.25) is 0 Å². The highest BCUT2D eigenvalue weighted by molar-refractivity contribution is 7.25. The Morgan fingerprint density at radius 2 is 1.17 bits per heavy atom. The number of aliphatic imine (C=N–C) groups is 2. The zero-order valence-corrected chi connectivity index (χ0v) is 37.0. The lowest BCUT2D eigenvalue weighted by Crippen LogP contribution is -2.33. The number of benzene rings is 9. The number of furan rings is 1. The molecule has 2 aliphatic rings. The second-order valence-corrected chi connectivity index (χ2v) is 19.3. The monoisotopic (exact) mass is 864 g/mol. The van der Waals surface area contributed by atoms with E-state index in [-0.39, 0.29) is 11.6 Å². The second kappa shape index (κ2) is 14.0. The molecule has 66 heavy (non-hydrogen) atoms. The normalized spacial score (nSPS) is 15.4. The van der Waals surface area contributed by atoms with Crippen LogP contribution in [0.1, 0.15) is 47.8 Å². The van der Waals surface area contributed by atoms with E-state index < -0.39 is 0 Å². The van der Waals surface area contributed by atoms with Gasteiger partial charge in [0, 0.05) is 63.9 Å². The molecule has 12 aromatic rings. The van der Waals surface area contributed by atoms with Crippen molar-refractivity contribution >= 4 is 86.9 Å². The smallest absolute Gasteiger partial charge is 0.159 e. The Bertz CT molecular complexity index is 4020. The maximum atomic E-state index is 6.59. The summed E-state index contributed by atoms with van der Waals surface area (Å²) in [6.45, 7) is 4.64. The zero-order chi connectivity index (χ0) is 43.7. The van der Waals surface area contributed by atoms with Crippen LogP contribution in [0.2, 0.25) is 0 Å². The van der Waals surface area contributed by atoms with Gasteiger partial charge >= 0.3 is 0 Å². The van der Waals surface area contributed by atoms with Crippen molar-refractivity contribution in [2.45, 2.75) is 25.4 Å². The van der Waals surface area contributed by atoms with Crippen molar-refractivity contribution in [1.82, 2.24) is 9.88 Å². The Balaban J connectivity index is 0.817. The fourth-order valence-electron chi connectivity index (χ4n) is 10.8. The Morgan fingerprint density at radius 3 is 2.00 bits per heavy atom. The summed E-state index contributed by atoms with van der Waals surface area (Å²) < 4.78 is 11.5. The third-order valence-electron chi connectivity index (χ3n) is 14.1. The van der Waals surface area contributed by atoms with E-state index in [0.717, 1.165) is 50.0 Å². The molecule has 1 unspecified atom stereocenters. The number of hydrogen-bond donors (Lipinski definition) is 1. The van der Waals surface area contributed by atoms with Crippen LogP contribution in [0.4, 0.5) is 0 Å². The molecule has 1 atom stereocenters. The lowest BCUT2D eigenvalue weighted by Gasteiger charge is -2.26. The van der Waals surface area contributed by atoms with Crippen molar-refractivity contribution in [3.8, 4) is 27.9 Å². The van der Waals surface area contributed by atoms with Crippen LogP contribution >= 0.6 is 11.3 Å². The fourth-order valence-corrected chi connectivity index (χ4v) is 11.9. The first-order valence-corrected chi connectivity index (χ1v) is 23.4. The molecule has 0 saturated heterocycles. The van der Waals surface area contributed by atoms with E-state index in [0.29, 0.717) is 5.84 Å². The van der Waals surface area contributed by atoms with Gasteiger partial charge in [0.15, 0.2) is 5.84 Å². The molecule has 1 aliphatic heterocycles. The summed E-state index contributed by atoms with van der Waals surface area (Å²) in [6.07, 6.45) is -0.327. The standard InChI is InChI=1S/C60H40N4OS/c1-60(2)49-17-9-6-14-41(49)42-25-21-38(31-50(42)60)58-61-57(35-12-4-3-5-13-35)62-59(63-58)39-22-26-45-48-30-36(23-29-53(48)65-54(45)32-39)37-20-27-46-47-28-24-40(34-56(47)66-55(46)33-37)64-51-18-10-7-15-43(51)44-16-8-11-19-52(44)64/h3-34,58H,1-2H3,(H,61,62,63). The van der Waals surface area contributed by atoms with Gasteiger partial charge in [-0.1, -0.05) is 153 Å². The number of fused-ring (bicyclic) bond motifs is 12. The van der Waals surface area contributed by atoms with Crippen LogP contribution in [0, 0.1) is 0 Å². The van der Waals surface area contributed by atoms with E-state index in [1.54, 1.807) is 0 Å². The van der Waals surface area contributed by atoms with Gasteiger partial charge in [-0.15, -0.1) is 11.3 Å². The number of nitrogens with zero attached hydrogens (tertiary/aromatic N) is 3. The van der Waals surface area contributed by atoms with Crippen molar-refractivity contribution in [2.24, 2.45) is 9.98 Å². The molecule has 1 aliphatic carbocycles. The van der Waals surface area contributed by atoms with Crippen molar-refractivity contribution in [3.05, 3.63) is 222 Å². The van der Waals surface area contributed by atoms with E-state index in [2.05, 4.69) is 200 Å². The fraction of sp³-hybridized carbons (Fsp3) is 0.0667. The second-order valence-electron chi connectivity index (χ2n) is 18.2. The molecule has 0 spiro atoms. The van der Waals surface area contributed by atoms with Crippen LogP contribution in [-0.4, -0.2) is 16.2 Å². The summed E-state index contributed by atoms with van der Waals surface area (Å²) in [6, 6.07) is 70.1. The number of amidine groups is 2. The van der Waals surface area contributed by atoms with Crippen LogP contribution in [0.15, 0.2) is 209 Å². The minimum Gasteiger partial charge on any atom is -0.456 e. The summed E-state index contributed by atoms with van der Waals surface area (Å²) >= 11 is 1.86. The molecule has 4 heterocycles. The first-order chi connectivity index (χ1) is 32.4. The van der Waals surface area contributed by atoms with Gasteiger partial charge < -0.3 is 14.3 Å². The maximum Gasteiger partial charge on any atom is 0.159 e. The van der Waals surface area contributed by atoms with Crippen molar-refractivity contribution in [3.63, 3.8) is 0 Å². The van der Waals surface area contributed by atoms with E-state index >= 15 is 0 Å². The highest BCUT2D eigenvalue weighted by Crippen LogP contribution is 2.49. The SMILES string of the molecule is CC1(C)c2ccccc2-c2ccc(C3N=C(c4ccc5c(c4)oc4ccc(-c6ccc7c(c6)sc6cc(-n8c9ccccc9c9ccccc98)ccc67)cc45)N=C(c4ccccc4)N3)cc21. The first-order valence-electron chi connectivity index (χ1n) is 22.6. The van der Waals surface area contributed by atoms with E-state index in [1.807, 2.05) is 29.5 Å². The molecule has 0 amide bonds. The van der Waals surface area contributed by atoms with Gasteiger partial charge in [-0.25, -0.2) is 9.98 Å². The quantitative estimate of drug-likeness (QED) is 0.187. The highest BCUT2D eigenvalue weighted by atomic mass is 32.1. The van der Waals surface area contributed by atoms with Crippen LogP contribution < -0.4 is 5.32 Å². The number of rotatable bonds is 5. The molecule has 9 aromatic carbocycles. The van der Waals surface area contributed by atoms with Gasteiger partial charge in [-0.2, -0.15) is 0 Å². The average molecular weight is 865 g/mol. The lowest BCUT2D eigenvalue weighted by molar-refractivity contribution is 0.645. The maximum absolute atomic E-state index is 6.59. The molecular formula is C60H40N4OS. The van der Waals surface area contributed by atoms with Gasteiger partial charge in [0.25, 0.3) is 0 Å². The first kappa shape index (κ1) is 37.3. The van der Waals surface area contributed by atoms with Gasteiger partial charge in [0.1, 0.15) is 23.2 Å². The van der Waals surface area contributed by atoms with Gasteiger partial charge in [0.05, 0.1) is 11.0 Å². The van der Waals surface area contributed by atoms with E-state index in [9.17, 15) is 0 Å². The third kappa shape index (κ3) is 5.58. The molecule has 0 bridgehead atoms. The Kier molecular flexibility index (Phi) is 7.90. The predicted octanol–water partition coefficient (Wildman–Crippen LogP) is 15.5. The zero-order valence-electron chi connectivity index (χ0n) is 36.2. The average Bonchev–Trinajstić information content (AvgIpc) is 4.09. The summed E-state index contributed by atoms with van der Waals surface area (Å²) in [4.78, 5) is 10.4. The minimum atomic E-state index is -0.327. The molecule has 3 aromatic heterocycles. The van der Waals surface area contributed by atoms with Crippen LogP contribution in [0.3, 0.4) is 0 Å². The lowest BCUT2D eigenvalue weighted by atomic mass is 9.82. The molecule has 5 nitrogen and oxygen atoms in total. The van der Waals surface area contributed by atoms with E-state index in [1.165, 1.54) is 75.5 Å².